The number of carbonyl (C=O) groups is 1. The average Bonchev–Trinajstić information content (AvgIpc) is 2.82. The highest BCUT2D eigenvalue weighted by Crippen LogP contribution is 2.63. The number of esters is 1. The van der Waals surface area contributed by atoms with Crippen molar-refractivity contribution in [2.24, 2.45) is 29.1 Å². The molecule has 1 saturated heterocycles. The van der Waals surface area contributed by atoms with E-state index in [2.05, 4.69) is 13.8 Å². The molecule has 2 nitrogen and oxygen atoms in total. The molecule has 4 atom stereocenters. The van der Waals surface area contributed by atoms with Gasteiger partial charge in [0, 0.05) is 0 Å². The molecule has 0 aromatic carbocycles. The van der Waals surface area contributed by atoms with Crippen molar-refractivity contribution in [1.82, 2.24) is 0 Å². The lowest BCUT2D eigenvalue weighted by Crippen LogP contribution is -2.35. The monoisotopic (exact) mass is 208 g/mol. The predicted octanol–water partition coefficient (Wildman–Crippen LogP) is 2.62. The van der Waals surface area contributed by atoms with Gasteiger partial charge in [-0.3, -0.25) is 4.79 Å². The first-order valence-corrected chi connectivity index (χ1v) is 6.31. The van der Waals surface area contributed by atoms with Crippen LogP contribution < -0.4 is 0 Å². The van der Waals surface area contributed by atoms with Gasteiger partial charge in [-0.15, -0.1) is 0 Å². The van der Waals surface area contributed by atoms with Gasteiger partial charge in [0.25, 0.3) is 0 Å². The summed E-state index contributed by atoms with van der Waals surface area (Å²) in [5.74, 6) is 3.23. The molecule has 1 heterocycles. The minimum Gasteiger partial charge on any atom is -0.465 e. The summed E-state index contributed by atoms with van der Waals surface area (Å²) in [5, 5.41) is 0. The molecule has 1 spiro atoms. The Bertz CT molecular complexity index is 297. The molecule has 15 heavy (non-hydrogen) atoms. The summed E-state index contributed by atoms with van der Waals surface area (Å²) in [6.45, 7) is 5.32. The quantitative estimate of drug-likeness (QED) is 0.619. The van der Waals surface area contributed by atoms with Crippen molar-refractivity contribution in [3.63, 3.8) is 0 Å². The molecule has 3 rings (SSSR count). The van der Waals surface area contributed by atoms with E-state index >= 15 is 0 Å². The van der Waals surface area contributed by atoms with Crippen LogP contribution in [-0.4, -0.2) is 12.6 Å². The van der Waals surface area contributed by atoms with Crippen LogP contribution in [0.15, 0.2) is 0 Å². The van der Waals surface area contributed by atoms with Crippen molar-refractivity contribution in [2.45, 2.75) is 39.5 Å². The Morgan fingerprint density at radius 2 is 2.20 bits per heavy atom. The Hall–Kier alpha value is -0.530. The lowest BCUT2D eigenvalue weighted by atomic mass is 9.67. The van der Waals surface area contributed by atoms with E-state index in [9.17, 15) is 4.79 Å². The van der Waals surface area contributed by atoms with Crippen molar-refractivity contribution in [1.29, 1.82) is 0 Å². The van der Waals surface area contributed by atoms with Crippen LogP contribution in [-0.2, 0) is 9.53 Å². The summed E-state index contributed by atoms with van der Waals surface area (Å²) in [5.41, 5.74) is -0.0317. The van der Waals surface area contributed by atoms with Gasteiger partial charge in [0.15, 0.2) is 0 Å². The van der Waals surface area contributed by atoms with Gasteiger partial charge in [0.05, 0.1) is 12.0 Å². The van der Waals surface area contributed by atoms with E-state index in [1.54, 1.807) is 0 Å². The van der Waals surface area contributed by atoms with Gasteiger partial charge in [-0.1, -0.05) is 13.8 Å². The molecule has 2 aliphatic carbocycles. The predicted molar refractivity (Wildman–Crippen MR) is 57.2 cm³/mol. The van der Waals surface area contributed by atoms with Gasteiger partial charge in [-0.05, 0) is 49.4 Å². The van der Waals surface area contributed by atoms with E-state index in [1.165, 1.54) is 12.8 Å². The number of rotatable bonds is 1. The molecule has 3 aliphatic rings. The topological polar surface area (TPSA) is 26.3 Å². The summed E-state index contributed by atoms with van der Waals surface area (Å²) < 4.78 is 5.20. The van der Waals surface area contributed by atoms with Gasteiger partial charge in [0.2, 0.25) is 0 Å². The zero-order chi connectivity index (χ0) is 10.6. The van der Waals surface area contributed by atoms with Crippen molar-refractivity contribution in [2.75, 3.05) is 6.61 Å². The number of fused-ring (bicyclic) bond motifs is 3. The number of ether oxygens (including phenoxy) is 1. The van der Waals surface area contributed by atoms with E-state index in [0.29, 0.717) is 12.5 Å². The minimum atomic E-state index is -0.0317. The zero-order valence-corrected chi connectivity index (χ0v) is 9.66. The molecule has 0 amide bonds. The van der Waals surface area contributed by atoms with Crippen molar-refractivity contribution in [3.05, 3.63) is 0 Å². The first-order chi connectivity index (χ1) is 7.13. The number of hydrogen-bond donors (Lipinski definition) is 0. The van der Waals surface area contributed by atoms with Crippen LogP contribution in [0.25, 0.3) is 0 Å². The fourth-order valence-corrected chi connectivity index (χ4v) is 4.42. The Kier molecular flexibility index (Phi) is 1.93. The summed E-state index contributed by atoms with van der Waals surface area (Å²) in [7, 11) is 0. The third-order valence-corrected chi connectivity index (χ3v) is 5.20. The Labute approximate surface area is 91.4 Å². The van der Waals surface area contributed by atoms with Crippen molar-refractivity contribution in [3.8, 4) is 0 Å². The summed E-state index contributed by atoms with van der Waals surface area (Å²) in [4.78, 5) is 11.8. The second-order valence-electron chi connectivity index (χ2n) is 6.08. The number of carbonyl (C=O) groups excluding carboxylic acids is 1. The molecule has 2 saturated carbocycles. The van der Waals surface area contributed by atoms with Gasteiger partial charge in [-0.25, -0.2) is 0 Å². The average molecular weight is 208 g/mol. The summed E-state index contributed by atoms with van der Waals surface area (Å²) in [6.07, 6.45) is 4.69. The fraction of sp³-hybridized carbons (Fsp3) is 0.923. The third kappa shape index (κ3) is 1.14. The fourth-order valence-electron chi connectivity index (χ4n) is 4.42. The van der Waals surface area contributed by atoms with E-state index in [1.807, 2.05) is 0 Å². The van der Waals surface area contributed by atoms with Crippen LogP contribution >= 0.6 is 0 Å². The second-order valence-corrected chi connectivity index (χ2v) is 6.08. The highest BCUT2D eigenvalue weighted by Gasteiger charge is 2.61. The maximum absolute atomic E-state index is 11.8. The summed E-state index contributed by atoms with van der Waals surface area (Å²) >= 11 is 0. The van der Waals surface area contributed by atoms with Gasteiger partial charge >= 0.3 is 5.97 Å². The van der Waals surface area contributed by atoms with E-state index in [4.69, 9.17) is 4.74 Å². The molecule has 1 aliphatic heterocycles. The molecular weight excluding hydrogens is 188 g/mol. The molecule has 0 radical (unpaired) electrons. The van der Waals surface area contributed by atoms with Crippen LogP contribution in [0.1, 0.15) is 39.5 Å². The van der Waals surface area contributed by atoms with Crippen molar-refractivity contribution < 1.29 is 9.53 Å². The Balaban J connectivity index is 1.83. The van der Waals surface area contributed by atoms with Crippen LogP contribution in [0.5, 0.6) is 0 Å². The molecule has 0 aromatic rings. The van der Waals surface area contributed by atoms with E-state index < -0.39 is 0 Å². The van der Waals surface area contributed by atoms with Crippen LogP contribution in [0.4, 0.5) is 0 Å². The largest absolute Gasteiger partial charge is 0.465 e. The Morgan fingerprint density at radius 1 is 1.40 bits per heavy atom. The molecule has 2 heteroatoms. The number of hydrogen-bond acceptors (Lipinski definition) is 2. The SMILES string of the molecule is CC(C)C1CC2CC1CC21CCOC1=O. The van der Waals surface area contributed by atoms with E-state index in [-0.39, 0.29) is 11.4 Å². The summed E-state index contributed by atoms with van der Waals surface area (Å²) in [6, 6.07) is 0. The highest BCUT2D eigenvalue weighted by atomic mass is 16.5. The lowest BCUT2D eigenvalue weighted by molar-refractivity contribution is -0.149. The normalized spacial score (nSPS) is 48.2. The van der Waals surface area contributed by atoms with Crippen LogP contribution in [0.3, 0.4) is 0 Å². The highest BCUT2D eigenvalue weighted by molar-refractivity contribution is 5.79. The van der Waals surface area contributed by atoms with Crippen LogP contribution in [0, 0.1) is 29.1 Å². The first-order valence-electron chi connectivity index (χ1n) is 6.31. The number of cyclic esters (lactones) is 1. The smallest absolute Gasteiger partial charge is 0.312 e. The molecule has 3 fully saturated rings. The molecule has 84 valence electrons. The Morgan fingerprint density at radius 3 is 2.67 bits per heavy atom. The molecule has 0 N–H and O–H groups in total. The zero-order valence-electron chi connectivity index (χ0n) is 9.66. The standard InChI is InChI=1S/C13H20O2/c1-8(2)11-6-10-5-9(11)7-13(10)3-4-15-12(13)14/h8-11H,3-7H2,1-2H3. The van der Waals surface area contributed by atoms with Crippen molar-refractivity contribution >= 4 is 5.97 Å². The van der Waals surface area contributed by atoms with Gasteiger partial charge in [-0.2, -0.15) is 0 Å². The molecule has 0 aromatic heterocycles. The minimum absolute atomic E-state index is 0.0317. The molecule has 2 bridgehead atoms. The molecule has 4 unspecified atom stereocenters. The van der Waals surface area contributed by atoms with Gasteiger partial charge < -0.3 is 4.74 Å². The van der Waals surface area contributed by atoms with Gasteiger partial charge in [0.1, 0.15) is 0 Å². The maximum atomic E-state index is 11.8. The third-order valence-electron chi connectivity index (χ3n) is 5.20. The second kappa shape index (κ2) is 2.99. The van der Waals surface area contributed by atoms with E-state index in [0.717, 1.165) is 30.6 Å². The molecular formula is C13H20O2. The lowest BCUT2D eigenvalue weighted by Gasteiger charge is -2.35. The maximum Gasteiger partial charge on any atom is 0.312 e. The van der Waals surface area contributed by atoms with Crippen LogP contribution in [0.2, 0.25) is 0 Å². The first kappa shape index (κ1) is 9.68.